The third-order valence-corrected chi connectivity index (χ3v) is 5.67. The summed E-state index contributed by atoms with van der Waals surface area (Å²) in [7, 11) is 0. The number of nitrogens with one attached hydrogen (secondary N) is 1. The van der Waals surface area contributed by atoms with Crippen molar-refractivity contribution in [2.45, 2.75) is 50.4 Å². The van der Waals surface area contributed by atoms with Gasteiger partial charge in [0.15, 0.2) is 5.79 Å². The zero-order chi connectivity index (χ0) is 18.9. The van der Waals surface area contributed by atoms with Crippen molar-refractivity contribution in [3.05, 3.63) is 30.1 Å². The van der Waals surface area contributed by atoms with Crippen molar-refractivity contribution in [1.82, 2.24) is 5.32 Å². The molecule has 3 fully saturated rings. The highest BCUT2D eigenvalue weighted by Crippen LogP contribution is 2.37. The predicted octanol–water partition coefficient (Wildman–Crippen LogP) is 2.37. The van der Waals surface area contributed by atoms with Crippen LogP contribution in [0.2, 0.25) is 0 Å². The molecular weight excluding hydrogens is 351 g/mol. The van der Waals surface area contributed by atoms with Crippen molar-refractivity contribution in [3.8, 4) is 0 Å². The van der Waals surface area contributed by atoms with E-state index in [4.69, 9.17) is 9.47 Å². The average Bonchev–Trinajstić information content (AvgIpc) is 3.25. The fraction of sp³-hybridized carbons (Fsp3) is 0.600. The molecule has 0 unspecified atom stereocenters. The lowest BCUT2D eigenvalue weighted by Crippen LogP contribution is -2.39. The number of hydrogen-bond acceptors (Lipinski definition) is 4. The molecule has 1 spiro atoms. The number of amides is 2. The van der Waals surface area contributed by atoms with Gasteiger partial charge < -0.3 is 19.7 Å². The summed E-state index contributed by atoms with van der Waals surface area (Å²) >= 11 is 0. The first-order valence-corrected chi connectivity index (χ1v) is 9.70. The van der Waals surface area contributed by atoms with Crippen LogP contribution in [0.15, 0.2) is 24.3 Å². The molecule has 1 saturated carbocycles. The number of hydrogen-bond donors (Lipinski definition) is 1. The number of benzene rings is 1. The molecule has 3 aliphatic rings. The van der Waals surface area contributed by atoms with Crippen LogP contribution in [-0.2, 0) is 19.1 Å². The molecule has 0 radical (unpaired) electrons. The number of ether oxygens (including phenoxy) is 2. The summed E-state index contributed by atoms with van der Waals surface area (Å²) in [6, 6.07) is 5.74. The van der Waals surface area contributed by atoms with Crippen molar-refractivity contribution in [3.63, 3.8) is 0 Å². The molecule has 6 nitrogen and oxygen atoms in total. The molecule has 4 rings (SSSR count). The Bertz CT molecular complexity index is 702. The van der Waals surface area contributed by atoms with Crippen molar-refractivity contribution in [2.24, 2.45) is 5.92 Å². The summed E-state index contributed by atoms with van der Waals surface area (Å²) in [5, 5.41) is 2.91. The van der Waals surface area contributed by atoms with E-state index in [1.165, 1.54) is 23.5 Å². The lowest BCUT2D eigenvalue weighted by molar-refractivity contribution is -0.186. The Hall–Kier alpha value is -1.99. The van der Waals surface area contributed by atoms with E-state index in [-0.39, 0.29) is 30.2 Å². The molecule has 1 aromatic rings. The van der Waals surface area contributed by atoms with E-state index in [0.29, 0.717) is 25.4 Å². The average molecular weight is 376 g/mol. The molecule has 1 aromatic carbocycles. The maximum Gasteiger partial charge on any atom is 0.227 e. The van der Waals surface area contributed by atoms with Gasteiger partial charge in [0.1, 0.15) is 11.9 Å². The maximum atomic E-state index is 13.1. The Morgan fingerprint density at radius 1 is 1.22 bits per heavy atom. The minimum atomic E-state index is -0.448. The Balaban J connectivity index is 1.28. The number of carbonyl (C=O) groups excluding carboxylic acids is 2. The highest BCUT2D eigenvalue weighted by atomic mass is 19.1. The highest BCUT2D eigenvalue weighted by molar-refractivity contribution is 6.00. The Kier molecular flexibility index (Phi) is 5.14. The molecule has 2 heterocycles. The van der Waals surface area contributed by atoms with Crippen molar-refractivity contribution >= 4 is 17.5 Å². The van der Waals surface area contributed by atoms with Gasteiger partial charge in [-0.05, 0) is 37.1 Å². The molecule has 146 valence electrons. The van der Waals surface area contributed by atoms with E-state index in [0.717, 1.165) is 25.7 Å². The van der Waals surface area contributed by atoms with Crippen LogP contribution in [0.1, 0.15) is 38.5 Å². The van der Waals surface area contributed by atoms with Gasteiger partial charge in [0, 0.05) is 38.0 Å². The smallest absolute Gasteiger partial charge is 0.227 e. The standard InChI is InChI=1S/C20H25FN2O4/c21-15-4-6-16(7-5-15)23-12-14(10-18(23)24)19(25)22-11-17-13-26-20(27-17)8-2-1-3-9-20/h4-7,14,17H,1-3,8-13H2,(H,22,25)/t14-,17-/m0/s1. The first kappa shape index (κ1) is 18.4. The summed E-state index contributed by atoms with van der Waals surface area (Å²) < 4.78 is 25.0. The molecule has 2 amide bonds. The lowest BCUT2D eigenvalue weighted by Gasteiger charge is -2.31. The summed E-state index contributed by atoms with van der Waals surface area (Å²) in [5.74, 6) is -1.48. The first-order chi connectivity index (χ1) is 13.0. The molecule has 0 aromatic heterocycles. The van der Waals surface area contributed by atoms with Gasteiger partial charge in [-0.2, -0.15) is 0 Å². The Morgan fingerprint density at radius 3 is 2.70 bits per heavy atom. The van der Waals surface area contributed by atoms with Crippen molar-refractivity contribution in [1.29, 1.82) is 0 Å². The van der Waals surface area contributed by atoms with Crippen LogP contribution in [0.5, 0.6) is 0 Å². The zero-order valence-electron chi connectivity index (χ0n) is 15.3. The minimum Gasteiger partial charge on any atom is -0.353 e. The van der Waals surface area contributed by atoms with Crippen LogP contribution < -0.4 is 10.2 Å². The number of carbonyl (C=O) groups is 2. The molecule has 7 heteroatoms. The van der Waals surface area contributed by atoms with E-state index in [2.05, 4.69) is 5.32 Å². The van der Waals surface area contributed by atoms with Gasteiger partial charge in [-0.15, -0.1) is 0 Å². The van der Waals surface area contributed by atoms with E-state index in [1.807, 2.05) is 0 Å². The fourth-order valence-corrected chi connectivity index (χ4v) is 4.18. The lowest BCUT2D eigenvalue weighted by atomic mass is 9.94. The molecule has 2 atom stereocenters. The normalized spacial score (nSPS) is 27.3. The molecular formula is C20H25FN2O4. The van der Waals surface area contributed by atoms with Gasteiger partial charge in [-0.25, -0.2) is 4.39 Å². The topological polar surface area (TPSA) is 67.9 Å². The second-order valence-electron chi connectivity index (χ2n) is 7.65. The predicted molar refractivity (Wildman–Crippen MR) is 96.5 cm³/mol. The van der Waals surface area contributed by atoms with E-state index in [9.17, 15) is 14.0 Å². The number of halogens is 1. The Morgan fingerprint density at radius 2 is 1.96 bits per heavy atom. The van der Waals surface area contributed by atoms with Crippen LogP contribution in [0.25, 0.3) is 0 Å². The van der Waals surface area contributed by atoms with Gasteiger partial charge in [0.05, 0.1) is 12.5 Å². The highest BCUT2D eigenvalue weighted by Gasteiger charge is 2.42. The van der Waals surface area contributed by atoms with E-state index >= 15 is 0 Å². The number of nitrogens with zero attached hydrogens (tertiary/aromatic N) is 1. The molecule has 1 N–H and O–H groups in total. The summed E-state index contributed by atoms with van der Waals surface area (Å²) in [4.78, 5) is 26.3. The SMILES string of the molecule is O=C(NC[C@H]1COC2(CCCCC2)O1)[C@H]1CC(=O)N(c2ccc(F)cc2)C1. The fourth-order valence-electron chi connectivity index (χ4n) is 4.18. The summed E-state index contributed by atoms with van der Waals surface area (Å²) in [5.41, 5.74) is 0.614. The third kappa shape index (κ3) is 3.99. The Labute approximate surface area is 158 Å². The first-order valence-electron chi connectivity index (χ1n) is 9.70. The third-order valence-electron chi connectivity index (χ3n) is 5.67. The van der Waals surface area contributed by atoms with Gasteiger partial charge in [0.2, 0.25) is 11.8 Å². The van der Waals surface area contributed by atoms with Gasteiger partial charge in [-0.1, -0.05) is 6.42 Å². The molecule has 27 heavy (non-hydrogen) atoms. The van der Waals surface area contributed by atoms with Gasteiger partial charge in [0.25, 0.3) is 0 Å². The van der Waals surface area contributed by atoms with Crippen LogP contribution in [-0.4, -0.2) is 43.4 Å². The van der Waals surface area contributed by atoms with Crippen molar-refractivity contribution in [2.75, 3.05) is 24.6 Å². The molecule has 2 aliphatic heterocycles. The summed E-state index contributed by atoms with van der Waals surface area (Å²) in [6.45, 7) is 1.19. The second kappa shape index (κ2) is 7.56. The zero-order valence-corrected chi connectivity index (χ0v) is 15.3. The second-order valence-corrected chi connectivity index (χ2v) is 7.65. The quantitative estimate of drug-likeness (QED) is 0.876. The number of rotatable bonds is 4. The monoisotopic (exact) mass is 376 g/mol. The number of anilines is 1. The van der Waals surface area contributed by atoms with Gasteiger partial charge in [-0.3, -0.25) is 9.59 Å². The maximum absolute atomic E-state index is 13.1. The van der Waals surface area contributed by atoms with E-state index in [1.54, 1.807) is 12.1 Å². The van der Waals surface area contributed by atoms with E-state index < -0.39 is 11.7 Å². The largest absolute Gasteiger partial charge is 0.353 e. The van der Waals surface area contributed by atoms with Crippen molar-refractivity contribution < 1.29 is 23.5 Å². The summed E-state index contributed by atoms with van der Waals surface area (Å²) in [6.07, 6.45) is 5.30. The molecule has 0 bridgehead atoms. The van der Waals surface area contributed by atoms with Crippen LogP contribution in [0.3, 0.4) is 0 Å². The van der Waals surface area contributed by atoms with Crippen LogP contribution in [0, 0.1) is 11.7 Å². The van der Waals surface area contributed by atoms with Crippen LogP contribution >= 0.6 is 0 Å². The van der Waals surface area contributed by atoms with Gasteiger partial charge >= 0.3 is 0 Å². The molecule has 1 aliphatic carbocycles. The van der Waals surface area contributed by atoms with Crippen LogP contribution in [0.4, 0.5) is 10.1 Å². The molecule has 2 saturated heterocycles. The minimum absolute atomic E-state index is 0.122.